The van der Waals surface area contributed by atoms with Crippen LogP contribution < -0.4 is 5.32 Å². The molecule has 2 rings (SSSR count). The van der Waals surface area contributed by atoms with Gasteiger partial charge in [-0.2, -0.15) is 0 Å². The molecule has 2 heteroatoms. The van der Waals surface area contributed by atoms with Gasteiger partial charge in [0.2, 0.25) is 0 Å². The molecule has 1 saturated carbocycles. The molecule has 1 aliphatic heterocycles. The van der Waals surface area contributed by atoms with Gasteiger partial charge < -0.3 is 10.2 Å². The molecule has 2 nitrogen and oxygen atoms in total. The fourth-order valence-electron chi connectivity index (χ4n) is 3.71. The predicted molar refractivity (Wildman–Crippen MR) is 74.2 cm³/mol. The van der Waals surface area contributed by atoms with Crippen molar-refractivity contribution < 1.29 is 0 Å². The van der Waals surface area contributed by atoms with E-state index in [1.54, 1.807) is 0 Å². The minimum absolute atomic E-state index is 0.438. The van der Waals surface area contributed by atoms with E-state index in [2.05, 4.69) is 38.0 Å². The van der Waals surface area contributed by atoms with Crippen molar-refractivity contribution in [2.45, 2.75) is 65.0 Å². The van der Waals surface area contributed by atoms with E-state index in [1.807, 2.05) is 0 Å². The summed E-state index contributed by atoms with van der Waals surface area (Å²) in [4.78, 5) is 2.55. The van der Waals surface area contributed by atoms with E-state index in [-0.39, 0.29) is 0 Å². The van der Waals surface area contributed by atoms with E-state index in [0.29, 0.717) is 11.5 Å². The maximum absolute atomic E-state index is 3.96. The highest BCUT2D eigenvalue weighted by molar-refractivity contribution is 4.91. The van der Waals surface area contributed by atoms with Gasteiger partial charge in [-0.05, 0) is 37.6 Å². The van der Waals surface area contributed by atoms with Gasteiger partial charge in [-0.15, -0.1) is 0 Å². The van der Waals surface area contributed by atoms with Crippen LogP contribution in [0.4, 0.5) is 0 Å². The van der Waals surface area contributed by atoms with Gasteiger partial charge in [-0.3, -0.25) is 0 Å². The normalized spacial score (nSPS) is 36.4. The average Bonchev–Trinajstić information content (AvgIpc) is 2.32. The third-order valence-electron chi connectivity index (χ3n) is 4.30. The summed E-state index contributed by atoms with van der Waals surface area (Å²) in [5.74, 6) is 0.902. The molecule has 3 atom stereocenters. The summed E-state index contributed by atoms with van der Waals surface area (Å²) in [6.45, 7) is 9.61. The van der Waals surface area contributed by atoms with Crippen LogP contribution in [0.3, 0.4) is 0 Å². The number of likely N-dealkylation sites (N-methyl/N-ethyl adjacent to an activating group) is 1. The molecule has 1 heterocycles. The molecular formula is C15H30N2. The molecule has 0 bridgehead atoms. The monoisotopic (exact) mass is 238 g/mol. The topological polar surface area (TPSA) is 15.3 Å². The van der Waals surface area contributed by atoms with Gasteiger partial charge in [0.15, 0.2) is 0 Å². The number of nitrogens with one attached hydrogen (secondary N) is 1. The molecule has 2 aliphatic rings. The Hall–Kier alpha value is -0.0800. The molecule has 0 spiro atoms. The number of hydrogen-bond acceptors (Lipinski definition) is 2. The van der Waals surface area contributed by atoms with Gasteiger partial charge in [-0.1, -0.05) is 33.6 Å². The van der Waals surface area contributed by atoms with Crippen LogP contribution in [0, 0.1) is 11.3 Å². The Kier molecular flexibility index (Phi) is 4.14. The minimum atomic E-state index is 0.438. The Balaban J connectivity index is 1.99. The van der Waals surface area contributed by atoms with Crippen LogP contribution in [0.15, 0.2) is 0 Å². The van der Waals surface area contributed by atoms with Crippen LogP contribution in [0.25, 0.3) is 0 Å². The second kappa shape index (κ2) is 5.27. The quantitative estimate of drug-likeness (QED) is 0.755. The van der Waals surface area contributed by atoms with Crippen molar-refractivity contribution in [2.75, 3.05) is 20.1 Å². The van der Waals surface area contributed by atoms with E-state index in [0.717, 1.165) is 12.0 Å². The number of hydrogen-bond donors (Lipinski definition) is 1. The lowest BCUT2D eigenvalue weighted by Crippen LogP contribution is -2.45. The molecule has 2 fully saturated rings. The van der Waals surface area contributed by atoms with Crippen LogP contribution in [0.5, 0.6) is 0 Å². The predicted octanol–water partition coefficient (Wildman–Crippen LogP) is 2.89. The zero-order valence-electron chi connectivity index (χ0n) is 12.1. The first-order chi connectivity index (χ1) is 7.94. The highest BCUT2D eigenvalue weighted by atomic mass is 15.2. The molecule has 1 aliphatic carbocycles. The molecule has 100 valence electrons. The highest BCUT2D eigenvalue weighted by Crippen LogP contribution is 2.29. The summed E-state index contributed by atoms with van der Waals surface area (Å²) in [6.07, 6.45) is 7.00. The van der Waals surface area contributed by atoms with Gasteiger partial charge in [-0.25, -0.2) is 0 Å². The molecule has 0 aromatic heterocycles. The highest BCUT2D eigenvalue weighted by Gasteiger charge is 2.32. The summed E-state index contributed by atoms with van der Waals surface area (Å²) in [7, 11) is 2.30. The van der Waals surface area contributed by atoms with Crippen molar-refractivity contribution in [1.29, 1.82) is 0 Å². The largest absolute Gasteiger partial charge is 0.310 e. The van der Waals surface area contributed by atoms with Crippen molar-refractivity contribution in [1.82, 2.24) is 10.2 Å². The lowest BCUT2D eigenvalue weighted by atomic mass is 9.83. The SMILES string of the molecule is CN1CC(CC(C)(C)C)NC2CCCCC2C1. The lowest BCUT2D eigenvalue weighted by molar-refractivity contribution is 0.231. The molecule has 17 heavy (non-hydrogen) atoms. The number of rotatable bonds is 1. The lowest BCUT2D eigenvalue weighted by Gasteiger charge is -2.33. The Morgan fingerprint density at radius 3 is 2.53 bits per heavy atom. The fourth-order valence-corrected chi connectivity index (χ4v) is 3.71. The van der Waals surface area contributed by atoms with Crippen LogP contribution in [0.2, 0.25) is 0 Å². The first-order valence-electron chi connectivity index (χ1n) is 7.39. The Morgan fingerprint density at radius 2 is 1.82 bits per heavy atom. The average molecular weight is 238 g/mol. The van der Waals surface area contributed by atoms with Crippen molar-refractivity contribution in [3.05, 3.63) is 0 Å². The Morgan fingerprint density at radius 1 is 1.12 bits per heavy atom. The zero-order valence-corrected chi connectivity index (χ0v) is 12.1. The zero-order chi connectivity index (χ0) is 12.5. The van der Waals surface area contributed by atoms with E-state index in [9.17, 15) is 0 Å². The van der Waals surface area contributed by atoms with Crippen LogP contribution in [-0.2, 0) is 0 Å². The molecule has 0 aromatic carbocycles. The number of nitrogens with zero attached hydrogens (tertiary/aromatic N) is 1. The van der Waals surface area contributed by atoms with E-state index in [1.165, 1.54) is 45.2 Å². The third kappa shape index (κ3) is 3.96. The van der Waals surface area contributed by atoms with Gasteiger partial charge in [0.25, 0.3) is 0 Å². The van der Waals surface area contributed by atoms with Gasteiger partial charge >= 0.3 is 0 Å². The molecule has 0 radical (unpaired) electrons. The summed E-state index contributed by atoms with van der Waals surface area (Å²) in [5.41, 5.74) is 0.438. The van der Waals surface area contributed by atoms with E-state index in [4.69, 9.17) is 0 Å². The maximum Gasteiger partial charge on any atom is 0.0202 e. The van der Waals surface area contributed by atoms with Crippen molar-refractivity contribution in [3.8, 4) is 0 Å². The second-order valence-electron chi connectivity index (χ2n) is 7.50. The van der Waals surface area contributed by atoms with E-state index < -0.39 is 0 Å². The van der Waals surface area contributed by atoms with Crippen molar-refractivity contribution >= 4 is 0 Å². The second-order valence-corrected chi connectivity index (χ2v) is 7.50. The Bertz CT molecular complexity index is 244. The van der Waals surface area contributed by atoms with E-state index >= 15 is 0 Å². The maximum atomic E-state index is 3.96. The molecule has 3 unspecified atom stereocenters. The van der Waals surface area contributed by atoms with Crippen LogP contribution >= 0.6 is 0 Å². The van der Waals surface area contributed by atoms with Crippen molar-refractivity contribution in [2.24, 2.45) is 11.3 Å². The first-order valence-corrected chi connectivity index (χ1v) is 7.39. The molecule has 0 amide bonds. The van der Waals surface area contributed by atoms with Crippen LogP contribution in [-0.4, -0.2) is 37.1 Å². The third-order valence-corrected chi connectivity index (χ3v) is 4.30. The van der Waals surface area contributed by atoms with Gasteiger partial charge in [0.1, 0.15) is 0 Å². The van der Waals surface area contributed by atoms with Crippen LogP contribution in [0.1, 0.15) is 52.9 Å². The summed E-state index contributed by atoms with van der Waals surface area (Å²) in [5, 5.41) is 3.96. The molecule has 1 N–H and O–H groups in total. The molecular weight excluding hydrogens is 208 g/mol. The smallest absolute Gasteiger partial charge is 0.0202 e. The molecule has 1 saturated heterocycles. The van der Waals surface area contributed by atoms with Gasteiger partial charge in [0, 0.05) is 25.2 Å². The number of fused-ring (bicyclic) bond motifs is 1. The summed E-state index contributed by atoms with van der Waals surface area (Å²) >= 11 is 0. The fraction of sp³-hybridized carbons (Fsp3) is 1.00. The first kappa shape index (κ1) is 13.4. The standard InChI is InChI=1S/C15H30N2/c1-15(2,3)9-13-11-17(4)10-12-7-5-6-8-14(12)16-13/h12-14,16H,5-11H2,1-4H3. The Labute approximate surface area is 107 Å². The molecule has 0 aromatic rings. The summed E-state index contributed by atoms with van der Waals surface area (Å²) < 4.78 is 0. The summed E-state index contributed by atoms with van der Waals surface area (Å²) in [6, 6.07) is 1.48. The minimum Gasteiger partial charge on any atom is -0.310 e. The van der Waals surface area contributed by atoms with Gasteiger partial charge in [0.05, 0.1) is 0 Å². The van der Waals surface area contributed by atoms with Crippen molar-refractivity contribution in [3.63, 3.8) is 0 Å².